The number of rotatable bonds is 4. The minimum absolute atomic E-state index is 0.368. The third-order valence-electron chi connectivity index (χ3n) is 8.66. The molecule has 2 fully saturated rings. The summed E-state index contributed by atoms with van der Waals surface area (Å²) in [4.78, 5) is 14.4. The number of nitrogens with zero attached hydrogens (tertiary/aromatic N) is 3. The van der Waals surface area contributed by atoms with Crippen molar-refractivity contribution in [3.63, 3.8) is 0 Å². The summed E-state index contributed by atoms with van der Waals surface area (Å²) < 4.78 is 10.4. The largest absolute Gasteiger partial charge is 0.478 e. The van der Waals surface area contributed by atoms with Crippen LogP contribution >= 0.6 is 0 Å². The number of fused-ring (bicyclic) bond motifs is 4. The molecular formula is C30H33N3O3. The topological polar surface area (TPSA) is 59.6 Å². The van der Waals surface area contributed by atoms with E-state index >= 15 is 0 Å². The molecule has 6 nitrogen and oxygen atoms in total. The Hall–Kier alpha value is -3.09. The number of carboxylic acid groups (broad SMARTS) is 1. The van der Waals surface area contributed by atoms with E-state index in [1.807, 2.05) is 6.07 Å². The van der Waals surface area contributed by atoms with Gasteiger partial charge < -0.3 is 19.0 Å². The molecule has 0 unspecified atom stereocenters. The van der Waals surface area contributed by atoms with Crippen molar-refractivity contribution >= 4 is 27.8 Å². The minimum Gasteiger partial charge on any atom is -0.478 e. The second-order valence-electron chi connectivity index (χ2n) is 10.7. The van der Waals surface area contributed by atoms with Gasteiger partial charge in [-0.15, -0.1) is 0 Å². The predicted molar refractivity (Wildman–Crippen MR) is 142 cm³/mol. The molecule has 0 atom stereocenters. The van der Waals surface area contributed by atoms with Crippen molar-refractivity contribution < 1.29 is 14.6 Å². The smallest absolute Gasteiger partial charge is 0.335 e. The third-order valence-corrected chi connectivity index (χ3v) is 8.66. The molecule has 6 heteroatoms. The van der Waals surface area contributed by atoms with Crippen LogP contribution in [0.5, 0.6) is 0 Å². The first kappa shape index (κ1) is 22.1. The standard InChI is InChI=1S/C30H33N3O3/c34-30(35)21-9-10-24-26(17-21)33-12-11-32-19-22(18-31-13-15-36-16-14-31)23-7-4-8-25(28(23)32)29(33)27(24)20-5-2-1-3-6-20/h4,7-10,17,19-20H,1-3,5-6,11-16,18H2,(H,34,35). The van der Waals surface area contributed by atoms with Crippen molar-refractivity contribution in [3.05, 3.63) is 59.3 Å². The van der Waals surface area contributed by atoms with Gasteiger partial charge in [0.1, 0.15) is 0 Å². The van der Waals surface area contributed by atoms with Gasteiger partial charge in [-0.3, -0.25) is 4.90 Å². The van der Waals surface area contributed by atoms with Gasteiger partial charge in [0.2, 0.25) is 0 Å². The highest BCUT2D eigenvalue weighted by atomic mass is 16.5. The van der Waals surface area contributed by atoms with Gasteiger partial charge in [-0.2, -0.15) is 0 Å². The maximum absolute atomic E-state index is 11.9. The maximum atomic E-state index is 11.9. The third kappa shape index (κ3) is 3.50. The second-order valence-corrected chi connectivity index (χ2v) is 10.7. The molecule has 1 saturated carbocycles. The van der Waals surface area contributed by atoms with Crippen molar-refractivity contribution in [1.82, 2.24) is 14.0 Å². The van der Waals surface area contributed by atoms with Crippen LogP contribution in [0.15, 0.2) is 42.6 Å². The zero-order valence-corrected chi connectivity index (χ0v) is 20.7. The normalized spacial score (nSPS) is 19.0. The summed E-state index contributed by atoms with van der Waals surface area (Å²) in [6.45, 7) is 6.28. The van der Waals surface area contributed by atoms with Crippen LogP contribution in [0.2, 0.25) is 0 Å². The van der Waals surface area contributed by atoms with Gasteiger partial charge >= 0.3 is 5.97 Å². The Kier molecular flexibility index (Phi) is 5.40. The Labute approximate surface area is 211 Å². The van der Waals surface area contributed by atoms with Gasteiger partial charge in [0, 0.05) is 60.8 Å². The van der Waals surface area contributed by atoms with E-state index in [0.29, 0.717) is 11.5 Å². The van der Waals surface area contributed by atoms with Gasteiger partial charge in [-0.25, -0.2) is 4.79 Å². The lowest BCUT2D eigenvalue weighted by Gasteiger charge is -2.26. The van der Waals surface area contributed by atoms with E-state index in [9.17, 15) is 9.90 Å². The number of aromatic carboxylic acids is 1. The van der Waals surface area contributed by atoms with Crippen LogP contribution < -0.4 is 0 Å². The summed E-state index contributed by atoms with van der Waals surface area (Å²) in [5, 5.41) is 12.3. The van der Waals surface area contributed by atoms with Crippen molar-refractivity contribution in [3.8, 4) is 11.3 Å². The van der Waals surface area contributed by atoms with Gasteiger partial charge in [-0.05, 0) is 42.0 Å². The van der Waals surface area contributed by atoms with Crippen LogP contribution in [0.25, 0.3) is 33.1 Å². The summed E-state index contributed by atoms with van der Waals surface area (Å²) in [7, 11) is 0. The highest BCUT2D eigenvalue weighted by Crippen LogP contribution is 2.47. The zero-order chi connectivity index (χ0) is 24.2. The molecule has 7 rings (SSSR count). The number of morpholine rings is 1. The van der Waals surface area contributed by atoms with E-state index < -0.39 is 5.97 Å². The van der Waals surface area contributed by atoms with Gasteiger partial charge in [0.05, 0.1) is 30.0 Å². The lowest BCUT2D eigenvalue weighted by atomic mass is 9.81. The molecule has 3 aliphatic rings. The molecule has 2 aromatic heterocycles. The molecule has 0 radical (unpaired) electrons. The average Bonchev–Trinajstić information content (AvgIpc) is 3.37. The monoisotopic (exact) mass is 483 g/mol. The van der Waals surface area contributed by atoms with E-state index in [4.69, 9.17) is 4.74 Å². The molecule has 0 bridgehead atoms. The molecule has 1 saturated heterocycles. The van der Waals surface area contributed by atoms with E-state index in [-0.39, 0.29) is 0 Å². The Balaban J connectivity index is 1.45. The van der Waals surface area contributed by atoms with Gasteiger partial charge in [-0.1, -0.05) is 43.5 Å². The number of carboxylic acids is 1. The Morgan fingerprint density at radius 2 is 1.81 bits per heavy atom. The number of carbonyl (C=O) groups is 1. The molecule has 186 valence electrons. The van der Waals surface area contributed by atoms with Crippen LogP contribution in [0.3, 0.4) is 0 Å². The first-order chi connectivity index (χ1) is 17.7. The van der Waals surface area contributed by atoms with E-state index in [1.54, 1.807) is 6.07 Å². The molecule has 0 amide bonds. The van der Waals surface area contributed by atoms with Crippen LogP contribution in [-0.2, 0) is 24.4 Å². The van der Waals surface area contributed by atoms with Crippen LogP contribution in [0.1, 0.15) is 59.5 Å². The number of aryl methyl sites for hydroxylation is 2. The van der Waals surface area contributed by atoms with Crippen LogP contribution in [0, 0.1) is 0 Å². The SMILES string of the molecule is O=C(O)c1ccc2c(C3CCCCC3)c3n(c2c1)CCn1cc(CN2CCOCC2)c2cccc-3c21. The number of aromatic nitrogens is 2. The predicted octanol–water partition coefficient (Wildman–Crippen LogP) is 5.85. The fraction of sp³-hybridized carbons (Fsp3) is 0.433. The number of hydrogen-bond donors (Lipinski definition) is 1. The summed E-state index contributed by atoms with van der Waals surface area (Å²) >= 11 is 0. The number of hydrogen-bond acceptors (Lipinski definition) is 3. The number of para-hydroxylation sites is 1. The first-order valence-electron chi connectivity index (χ1n) is 13.5. The summed E-state index contributed by atoms with van der Waals surface area (Å²) in [6.07, 6.45) is 8.65. The van der Waals surface area contributed by atoms with Crippen molar-refractivity contribution in [2.45, 2.75) is 57.7 Å². The van der Waals surface area contributed by atoms with Crippen molar-refractivity contribution in [2.75, 3.05) is 26.3 Å². The Bertz CT molecular complexity index is 1470. The van der Waals surface area contributed by atoms with Gasteiger partial charge in [0.15, 0.2) is 0 Å². The fourth-order valence-electron chi connectivity index (χ4n) is 6.97. The summed E-state index contributed by atoms with van der Waals surface area (Å²) in [6, 6.07) is 12.6. The van der Waals surface area contributed by atoms with Crippen LogP contribution in [-0.4, -0.2) is 51.4 Å². The molecule has 36 heavy (non-hydrogen) atoms. The van der Waals surface area contributed by atoms with E-state index in [2.05, 4.69) is 44.5 Å². The quantitative estimate of drug-likeness (QED) is 0.395. The first-order valence-corrected chi connectivity index (χ1v) is 13.5. The lowest BCUT2D eigenvalue weighted by molar-refractivity contribution is 0.0343. The molecule has 4 heterocycles. The van der Waals surface area contributed by atoms with Crippen molar-refractivity contribution in [1.29, 1.82) is 0 Å². The highest BCUT2D eigenvalue weighted by molar-refractivity contribution is 6.03. The Morgan fingerprint density at radius 3 is 2.61 bits per heavy atom. The lowest BCUT2D eigenvalue weighted by Crippen LogP contribution is -2.35. The van der Waals surface area contributed by atoms with Crippen LogP contribution in [0.4, 0.5) is 0 Å². The van der Waals surface area contributed by atoms with Crippen molar-refractivity contribution in [2.24, 2.45) is 0 Å². The zero-order valence-electron chi connectivity index (χ0n) is 20.7. The molecule has 4 aromatic rings. The molecule has 1 N–H and O–H groups in total. The van der Waals surface area contributed by atoms with Gasteiger partial charge in [0.25, 0.3) is 0 Å². The number of benzene rings is 2. The maximum Gasteiger partial charge on any atom is 0.335 e. The molecule has 2 aromatic carbocycles. The van der Waals surface area contributed by atoms with E-state index in [0.717, 1.165) is 51.5 Å². The highest BCUT2D eigenvalue weighted by Gasteiger charge is 2.30. The van der Waals surface area contributed by atoms with E-state index in [1.165, 1.54) is 70.8 Å². The second kappa shape index (κ2) is 8.79. The average molecular weight is 484 g/mol. The molecule has 1 aliphatic carbocycles. The molecule has 2 aliphatic heterocycles. The Morgan fingerprint density at radius 1 is 0.972 bits per heavy atom. The number of ether oxygens (including phenoxy) is 1. The molecular weight excluding hydrogens is 450 g/mol. The fourth-order valence-corrected chi connectivity index (χ4v) is 6.97. The minimum atomic E-state index is -0.860. The molecule has 0 spiro atoms. The summed E-state index contributed by atoms with van der Waals surface area (Å²) in [5.41, 5.74) is 8.23. The summed E-state index contributed by atoms with van der Waals surface area (Å²) in [5.74, 6) is -0.334.